The van der Waals surface area contributed by atoms with Crippen molar-refractivity contribution in [2.75, 3.05) is 7.05 Å². The Morgan fingerprint density at radius 1 is 1.16 bits per heavy atom. The minimum atomic E-state index is -0.352. The monoisotopic (exact) mass is 442 g/mol. The van der Waals surface area contributed by atoms with Crippen LogP contribution in [0.25, 0.3) is 6.08 Å². The molecule has 2 aliphatic rings. The molecule has 2 fully saturated rings. The van der Waals surface area contributed by atoms with Crippen LogP contribution in [-0.2, 0) is 16.1 Å². The van der Waals surface area contributed by atoms with E-state index in [1.165, 1.54) is 30.0 Å². The molecule has 3 unspecified atom stereocenters. The van der Waals surface area contributed by atoms with E-state index in [0.29, 0.717) is 23.4 Å². The fraction of sp³-hybridized carbons (Fsp3) is 0.333. The minimum absolute atomic E-state index is 0.0365. The van der Waals surface area contributed by atoms with Crippen LogP contribution in [-0.4, -0.2) is 35.1 Å². The van der Waals surface area contributed by atoms with Gasteiger partial charge in [0.15, 0.2) is 0 Å². The van der Waals surface area contributed by atoms with E-state index in [-0.39, 0.29) is 40.7 Å². The predicted molar refractivity (Wildman–Crippen MR) is 118 cm³/mol. The Morgan fingerprint density at radius 2 is 1.90 bits per heavy atom. The number of amides is 2. The second-order valence-electron chi connectivity index (χ2n) is 8.02. The Morgan fingerprint density at radius 3 is 2.65 bits per heavy atom. The lowest BCUT2D eigenvalue weighted by Crippen LogP contribution is -2.52. The molecular weight excluding hydrogens is 418 g/mol. The summed E-state index contributed by atoms with van der Waals surface area (Å²) in [5.74, 6) is -1.01. The number of nitrogens with zero attached hydrogens (tertiary/aromatic N) is 1. The first kappa shape index (κ1) is 21.6. The maximum absolute atomic E-state index is 14.0. The van der Waals surface area contributed by atoms with Crippen LogP contribution in [0.3, 0.4) is 0 Å². The number of carbonyl (C=O) groups excluding carboxylic acids is 2. The lowest BCUT2D eigenvalue weighted by Gasteiger charge is -2.44. The molecule has 3 atom stereocenters. The van der Waals surface area contributed by atoms with Crippen LogP contribution in [0, 0.1) is 17.6 Å². The van der Waals surface area contributed by atoms with E-state index in [1.807, 2.05) is 0 Å². The molecule has 31 heavy (non-hydrogen) atoms. The summed E-state index contributed by atoms with van der Waals surface area (Å²) in [5.41, 5.74) is 1.24. The number of rotatable bonds is 4. The normalized spacial score (nSPS) is 24.7. The zero-order valence-corrected chi connectivity index (χ0v) is 18.0. The molecule has 0 aromatic heterocycles. The summed E-state index contributed by atoms with van der Waals surface area (Å²) < 4.78 is 27.0. The molecule has 1 saturated heterocycles. The highest BCUT2D eigenvalue weighted by Gasteiger charge is 2.42. The highest BCUT2D eigenvalue weighted by atomic mass is 32.2. The molecule has 0 bridgehead atoms. The van der Waals surface area contributed by atoms with Gasteiger partial charge in [-0.1, -0.05) is 30.3 Å². The van der Waals surface area contributed by atoms with E-state index in [9.17, 15) is 18.4 Å². The van der Waals surface area contributed by atoms with Crippen LogP contribution >= 0.6 is 11.8 Å². The average Bonchev–Trinajstić information content (AvgIpc) is 2.78. The summed E-state index contributed by atoms with van der Waals surface area (Å²) in [6, 6.07) is 12.4. The molecule has 7 heteroatoms. The maximum Gasteiger partial charge on any atom is 0.260 e. The largest absolute Gasteiger partial charge is 0.352 e. The van der Waals surface area contributed by atoms with Crippen LogP contribution in [0.5, 0.6) is 0 Å². The van der Waals surface area contributed by atoms with E-state index >= 15 is 0 Å². The van der Waals surface area contributed by atoms with E-state index in [1.54, 1.807) is 48.4 Å². The maximum atomic E-state index is 14.0. The van der Waals surface area contributed by atoms with Crippen molar-refractivity contribution in [1.82, 2.24) is 10.2 Å². The van der Waals surface area contributed by atoms with Crippen molar-refractivity contribution in [3.05, 3.63) is 76.2 Å². The molecule has 1 N–H and O–H groups in total. The Labute approximate surface area is 184 Å². The summed E-state index contributed by atoms with van der Waals surface area (Å²) in [6.45, 7) is 0.350. The first-order valence-electron chi connectivity index (χ1n) is 10.3. The van der Waals surface area contributed by atoms with Crippen LogP contribution < -0.4 is 5.32 Å². The first-order chi connectivity index (χ1) is 14.9. The van der Waals surface area contributed by atoms with Gasteiger partial charge in [-0.25, -0.2) is 8.78 Å². The lowest BCUT2D eigenvalue weighted by molar-refractivity contribution is -0.132. The zero-order chi connectivity index (χ0) is 22.0. The van der Waals surface area contributed by atoms with E-state index in [4.69, 9.17) is 0 Å². The molecular formula is C24H24F2N2O2S. The zero-order valence-electron chi connectivity index (χ0n) is 17.2. The predicted octanol–water partition coefficient (Wildman–Crippen LogP) is 4.36. The van der Waals surface area contributed by atoms with Crippen LogP contribution in [0.1, 0.15) is 30.4 Å². The molecule has 2 aromatic carbocycles. The minimum Gasteiger partial charge on any atom is -0.352 e. The number of benzene rings is 2. The Bertz CT molecular complexity index is 1010. The van der Waals surface area contributed by atoms with Crippen molar-refractivity contribution in [3.63, 3.8) is 0 Å². The molecule has 0 radical (unpaired) electrons. The molecule has 1 aliphatic carbocycles. The molecule has 1 heterocycles. The number of likely N-dealkylation sites (N-methyl/N-ethyl adjacent to an activating group) is 1. The summed E-state index contributed by atoms with van der Waals surface area (Å²) in [7, 11) is 1.76. The second-order valence-corrected chi connectivity index (χ2v) is 9.31. The van der Waals surface area contributed by atoms with Gasteiger partial charge in [0, 0.05) is 36.4 Å². The van der Waals surface area contributed by atoms with Crippen LogP contribution in [0.4, 0.5) is 8.78 Å². The van der Waals surface area contributed by atoms with Crippen molar-refractivity contribution in [3.8, 4) is 0 Å². The van der Waals surface area contributed by atoms with Crippen molar-refractivity contribution >= 4 is 29.7 Å². The third-order valence-corrected chi connectivity index (χ3v) is 7.40. The molecule has 2 amide bonds. The van der Waals surface area contributed by atoms with Crippen molar-refractivity contribution in [2.24, 2.45) is 5.92 Å². The van der Waals surface area contributed by atoms with Gasteiger partial charge in [-0.2, -0.15) is 0 Å². The number of fused-ring (bicyclic) bond motifs is 1. The van der Waals surface area contributed by atoms with Gasteiger partial charge in [0.25, 0.3) is 5.91 Å². The van der Waals surface area contributed by atoms with Gasteiger partial charge in [-0.3, -0.25) is 9.59 Å². The van der Waals surface area contributed by atoms with Gasteiger partial charge in [-0.05, 0) is 49.1 Å². The molecule has 4 nitrogen and oxygen atoms in total. The van der Waals surface area contributed by atoms with Gasteiger partial charge >= 0.3 is 0 Å². The van der Waals surface area contributed by atoms with E-state index in [2.05, 4.69) is 5.32 Å². The van der Waals surface area contributed by atoms with Gasteiger partial charge in [0.05, 0.1) is 4.91 Å². The van der Waals surface area contributed by atoms with E-state index < -0.39 is 0 Å². The van der Waals surface area contributed by atoms with Gasteiger partial charge in [-0.15, -0.1) is 11.8 Å². The second kappa shape index (κ2) is 9.22. The first-order valence-corrected chi connectivity index (χ1v) is 11.2. The van der Waals surface area contributed by atoms with Crippen molar-refractivity contribution < 1.29 is 18.4 Å². The standard InChI is InChI=1S/C24H24F2N2O2S/c1-28-20-12-17(23(29)27-14-15-6-9-18(25)10-7-15)8-11-21(20)31-22(24(28)30)13-16-4-2-3-5-19(16)26/h2-7,9-10,13,17,20-21H,8,11-12,14H2,1H3,(H,27,29)/b22-13-. The Hall–Kier alpha value is -2.67. The third-order valence-electron chi connectivity index (χ3n) is 6.00. The molecule has 0 spiro atoms. The summed E-state index contributed by atoms with van der Waals surface area (Å²) in [6.07, 6.45) is 3.76. The number of nitrogens with one attached hydrogen (secondary N) is 1. The molecule has 1 aliphatic heterocycles. The van der Waals surface area contributed by atoms with Crippen molar-refractivity contribution in [1.29, 1.82) is 0 Å². The highest BCUT2D eigenvalue weighted by molar-refractivity contribution is 8.04. The van der Waals surface area contributed by atoms with Crippen molar-refractivity contribution in [2.45, 2.75) is 37.1 Å². The summed E-state index contributed by atoms with van der Waals surface area (Å²) in [5, 5.41) is 3.11. The number of thioether (sulfide) groups is 1. The fourth-order valence-electron chi connectivity index (χ4n) is 4.20. The van der Waals surface area contributed by atoms with Gasteiger partial charge < -0.3 is 10.2 Å². The van der Waals surface area contributed by atoms with Crippen LogP contribution in [0.15, 0.2) is 53.4 Å². The third kappa shape index (κ3) is 4.82. The van der Waals surface area contributed by atoms with E-state index in [0.717, 1.165) is 18.4 Å². The average molecular weight is 443 g/mol. The fourth-order valence-corrected chi connectivity index (χ4v) is 5.68. The molecule has 1 saturated carbocycles. The number of carbonyl (C=O) groups is 2. The smallest absolute Gasteiger partial charge is 0.260 e. The number of halogens is 2. The lowest BCUT2D eigenvalue weighted by atomic mass is 9.83. The summed E-state index contributed by atoms with van der Waals surface area (Å²) in [4.78, 5) is 27.8. The summed E-state index contributed by atoms with van der Waals surface area (Å²) >= 11 is 1.49. The van der Waals surface area contributed by atoms with Gasteiger partial charge in [0.2, 0.25) is 5.91 Å². The highest BCUT2D eigenvalue weighted by Crippen LogP contribution is 2.43. The van der Waals surface area contributed by atoms with Gasteiger partial charge in [0.1, 0.15) is 11.6 Å². The molecule has 162 valence electrons. The molecule has 2 aromatic rings. The Kier molecular flexibility index (Phi) is 6.41. The quantitative estimate of drug-likeness (QED) is 0.716. The number of hydrogen-bond acceptors (Lipinski definition) is 3. The molecule has 4 rings (SSSR count). The number of hydrogen-bond donors (Lipinski definition) is 1. The van der Waals surface area contributed by atoms with Crippen LogP contribution in [0.2, 0.25) is 0 Å². The Balaban J connectivity index is 1.40. The topological polar surface area (TPSA) is 49.4 Å². The SMILES string of the molecule is CN1C(=O)/C(=C/c2ccccc2F)SC2CCC(C(=O)NCc3ccc(F)cc3)CC21.